The monoisotopic (exact) mass is 315 g/mol. The molecular formula is C12H21N5O3S. The summed E-state index contributed by atoms with van der Waals surface area (Å²) in [6.07, 6.45) is 4.82. The van der Waals surface area contributed by atoms with E-state index in [1.807, 2.05) is 6.92 Å². The molecule has 4 N–H and O–H groups in total. The number of nitrogens with two attached hydrogens (primary N) is 1. The first-order chi connectivity index (χ1) is 9.77. The lowest BCUT2D eigenvalue weighted by Crippen LogP contribution is -2.55. The molecular weight excluding hydrogens is 294 g/mol. The van der Waals surface area contributed by atoms with E-state index in [1.54, 1.807) is 7.05 Å². The molecule has 0 radical (unpaired) electrons. The first-order valence-electron chi connectivity index (χ1n) is 6.75. The summed E-state index contributed by atoms with van der Waals surface area (Å²) in [4.78, 5) is 15.7. The highest BCUT2D eigenvalue weighted by Gasteiger charge is 2.41. The summed E-state index contributed by atoms with van der Waals surface area (Å²) < 4.78 is 27.6. The fourth-order valence-electron chi connectivity index (χ4n) is 2.17. The number of rotatable bonds is 7. The SMILES string of the molecule is Cn1cnc(S(=O)(=O)NCC(=O)NC(C)(CN)C2CC2)c1. The smallest absolute Gasteiger partial charge is 0.260 e. The molecule has 0 saturated heterocycles. The minimum absolute atomic E-state index is 0.110. The van der Waals surface area contributed by atoms with E-state index in [1.165, 1.54) is 17.1 Å². The third-order valence-corrected chi connectivity index (χ3v) is 4.99. The van der Waals surface area contributed by atoms with Crippen molar-refractivity contribution in [1.29, 1.82) is 0 Å². The Morgan fingerprint density at radius 3 is 2.71 bits per heavy atom. The second-order valence-corrected chi connectivity index (χ2v) is 7.36. The van der Waals surface area contributed by atoms with Crippen molar-refractivity contribution >= 4 is 15.9 Å². The predicted molar refractivity (Wildman–Crippen MR) is 76.7 cm³/mol. The topological polar surface area (TPSA) is 119 Å². The van der Waals surface area contributed by atoms with E-state index in [0.717, 1.165) is 12.8 Å². The number of nitrogens with zero attached hydrogens (tertiary/aromatic N) is 2. The second-order valence-electron chi connectivity index (χ2n) is 5.65. The number of carbonyl (C=O) groups is 1. The summed E-state index contributed by atoms with van der Waals surface area (Å²) in [5.74, 6) is -0.0202. The lowest BCUT2D eigenvalue weighted by atomic mass is 9.96. The maximum absolute atomic E-state index is 11.9. The average Bonchev–Trinajstić information content (AvgIpc) is 3.19. The molecule has 0 bridgehead atoms. The lowest BCUT2D eigenvalue weighted by molar-refractivity contribution is -0.121. The van der Waals surface area contributed by atoms with Crippen LogP contribution in [-0.2, 0) is 21.9 Å². The Kier molecular flexibility index (Phi) is 4.35. The number of aryl methyl sites for hydroxylation is 1. The molecule has 1 atom stereocenters. The van der Waals surface area contributed by atoms with Gasteiger partial charge in [-0.15, -0.1) is 0 Å². The fraction of sp³-hybridized carbons (Fsp3) is 0.667. The van der Waals surface area contributed by atoms with Crippen molar-refractivity contribution in [2.45, 2.75) is 30.3 Å². The molecule has 0 aromatic carbocycles. The van der Waals surface area contributed by atoms with Gasteiger partial charge in [-0.1, -0.05) is 0 Å². The van der Waals surface area contributed by atoms with Gasteiger partial charge in [-0.25, -0.2) is 18.1 Å². The van der Waals surface area contributed by atoms with Crippen molar-refractivity contribution in [3.8, 4) is 0 Å². The van der Waals surface area contributed by atoms with Crippen molar-refractivity contribution in [1.82, 2.24) is 19.6 Å². The summed E-state index contributed by atoms with van der Waals surface area (Å²) in [6.45, 7) is 1.88. The third-order valence-electron chi connectivity index (χ3n) is 3.71. The highest BCUT2D eigenvalue weighted by molar-refractivity contribution is 7.89. The third kappa shape index (κ3) is 3.80. The van der Waals surface area contributed by atoms with Crippen LogP contribution in [0.1, 0.15) is 19.8 Å². The summed E-state index contributed by atoms with van der Waals surface area (Å²) in [5.41, 5.74) is 5.24. The first kappa shape index (κ1) is 15.9. The quantitative estimate of drug-likeness (QED) is 0.593. The average molecular weight is 315 g/mol. The minimum Gasteiger partial charge on any atom is -0.348 e. The van der Waals surface area contributed by atoms with Gasteiger partial charge in [0.05, 0.1) is 18.4 Å². The lowest BCUT2D eigenvalue weighted by Gasteiger charge is -2.29. The Bertz CT molecular complexity index is 623. The molecule has 1 saturated carbocycles. The molecule has 9 heteroatoms. The van der Waals surface area contributed by atoms with Crippen LogP contribution in [0.15, 0.2) is 17.6 Å². The molecule has 1 aliphatic rings. The van der Waals surface area contributed by atoms with Gasteiger partial charge in [0, 0.05) is 19.8 Å². The Balaban J connectivity index is 1.92. The highest BCUT2D eigenvalue weighted by atomic mass is 32.2. The highest BCUT2D eigenvalue weighted by Crippen LogP contribution is 2.38. The molecule has 118 valence electrons. The van der Waals surface area contributed by atoms with Crippen LogP contribution in [0.4, 0.5) is 0 Å². The Hall–Kier alpha value is -1.45. The van der Waals surface area contributed by atoms with E-state index >= 15 is 0 Å². The Morgan fingerprint density at radius 2 is 2.24 bits per heavy atom. The van der Waals surface area contributed by atoms with E-state index in [9.17, 15) is 13.2 Å². The van der Waals surface area contributed by atoms with Crippen molar-refractivity contribution in [2.24, 2.45) is 18.7 Å². The van der Waals surface area contributed by atoms with Crippen LogP contribution < -0.4 is 15.8 Å². The molecule has 1 aromatic rings. The predicted octanol–water partition coefficient (Wildman–Crippen LogP) is -1.06. The van der Waals surface area contributed by atoms with Gasteiger partial charge in [0.25, 0.3) is 10.0 Å². The molecule has 2 rings (SSSR count). The Labute approximate surface area is 124 Å². The maximum atomic E-state index is 11.9. The van der Waals surface area contributed by atoms with Gasteiger partial charge in [-0.3, -0.25) is 4.79 Å². The molecule has 8 nitrogen and oxygen atoms in total. The summed E-state index contributed by atoms with van der Waals surface area (Å²) in [7, 11) is -2.11. The molecule has 1 heterocycles. The zero-order valence-corrected chi connectivity index (χ0v) is 13.0. The van der Waals surface area contributed by atoms with Crippen LogP contribution in [0.3, 0.4) is 0 Å². The largest absolute Gasteiger partial charge is 0.348 e. The van der Waals surface area contributed by atoms with Gasteiger partial charge >= 0.3 is 0 Å². The zero-order valence-electron chi connectivity index (χ0n) is 12.2. The zero-order chi connectivity index (χ0) is 15.7. The molecule has 0 aliphatic heterocycles. The van der Waals surface area contributed by atoms with Crippen LogP contribution in [0.2, 0.25) is 0 Å². The fourth-order valence-corrected chi connectivity index (χ4v) is 3.12. The van der Waals surface area contributed by atoms with Gasteiger partial charge in [-0.2, -0.15) is 0 Å². The molecule has 1 unspecified atom stereocenters. The van der Waals surface area contributed by atoms with Crippen molar-refractivity contribution < 1.29 is 13.2 Å². The molecule has 1 aliphatic carbocycles. The molecule has 1 fully saturated rings. The van der Waals surface area contributed by atoms with E-state index < -0.39 is 21.5 Å². The van der Waals surface area contributed by atoms with Gasteiger partial charge in [0.1, 0.15) is 0 Å². The van der Waals surface area contributed by atoms with E-state index in [0.29, 0.717) is 12.5 Å². The van der Waals surface area contributed by atoms with Crippen LogP contribution in [-0.4, -0.2) is 42.5 Å². The van der Waals surface area contributed by atoms with Crippen LogP contribution in [0.5, 0.6) is 0 Å². The number of sulfonamides is 1. The van der Waals surface area contributed by atoms with E-state index in [2.05, 4.69) is 15.0 Å². The Morgan fingerprint density at radius 1 is 1.57 bits per heavy atom. The second kappa shape index (κ2) is 5.74. The van der Waals surface area contributed by atoms with Crippen molar-refractivity contribution in [3.63, 3.8) is 0 Å². The molecule has 1 aromatic heterocycles. The molecule has 0 spiro atoms. The van der Waals surface area contributed by atoms with Gasteiger partial charge < -0.3 is 15.6 Å². The number of nitrogens with one attached hydrogen (secondary N) is 2. The van der Waals surface area contributed by atoms with Gasteiger partial charge in [0.2, 0.25) is 5.91 Å². The number of carbonyl (C=O) groups excluding carboxylic acids is 1. The maximum Gasteiger partial charge on any atom is 0.260 e. The van der Waals surface area contributed by atoms with Crippen molar-refractivity contribution in [2.75, 3.05) is 13.1 Å². The van der Waals surface area contributed by atoms with Gasteiger partial charge in [-0.05, 0) is 25.7 Å². The number of hydrogen-bond donors (Lipinski definition) is 3. The number of hydrogen-bond acceptors (Lipinski definition) is 5. The number of aromatic nitrogens is 2. The van der Waals surface area contributed by atoms with Crippen LogP contribution in [0.25, 0.3) is 0 Å². The first-order valence-corrected chi connectivity index (χ1v) is 8.24. The van der Waals surface area contributed by atoms with E-state index in [4.69, 9.17) is 5.73 Å². The minimum atomic E-state index is -3.78. The standard InChI is InChI=1S/C12H21N5O3S/c1-12(7-13,9-3-4-9)16-10(18)5-15-21(19,20)11-6-17(2)8-14-11/h6,8-9,15H,3-5,7,13H2,1-2H3,(H,16,18). The van der Waals surface area contributed by atoms with Crippen LogP contribution in [0, 0.1) is 5.92 Å². The number of imidazole rings is 1. The van der Waals surface area contributed by atoms with Crippen molar-refractivity contribution in [3.05, 3.63) is 12.5 Å². The van der Waals surface area contributed by atoms with Crippen LogP contribution >= 0.6 is 0 Å². The van der Waals surface area contributed by atoms with E-state index in [-0.39, 0.29) is 11.6 Å². The molecule has 1 amide bonds. The number of amides is 1. The normalized spacial score (nSPS) is 18.2. The summed E-state index contributed by atoms with van der Waals surface area (Å²) in [6, 6.07) is 0. The molecule has 21 heavy (non-hydrogen) atoms. The van der Waals surface area contributed by atoms with Gasteiger partial charge in [0.15, 0.2) is 5.03 Å². The summed E-state index contributed by atoms with van der Waals surface area (Å²) >= 11 is 0. The summed E-state index contributed by atoms with van der Waals surface area (Å²) in [5, 5.41) is 2.71.